The van der Waals surface area contributed by atoms with Gasteiger partial charge in [0.25, 0.3) is 0 Å². The molecule has 1 aromatic rings. The number of rotatable bonds is 3. The van der Waals surface area contributed by atoms with Crippen LogP contribution < -0.4 is 0 Å². The maximum absolute atomic E-state index is 12.5. The number of thioether (sulfide) groups is 1. The third-order valence-corrected chi connectivity index (χ3v) is 2.95. The fourth-order valence-corrected chi connectivity index (χ4v) is 2.08. The van der Waals surface area contributed by atoms with E-state index >= 15 is 0 Å². The third kappa shape index (κ3) is 3.39. The standard InChI is InChI=1S/C11H11F3O2S/c1-3-17-9-6-7(11(12,13)14)4-5-8(9)10(15)16-2/h4-6H,3H2,1-2H3. The van der Waals surface area contributed by atoms with Crippen molar-refractivity contribution < 1.29 is 22.7 Å². The molecule has 0 unspecified atom stereocenters. The normalized spacial score (nSPS) is 11.4. The molecule has 2 nitrogen and oxygen atoms in total. The van der Waals surface area contributed by atoms with Gasteiger partial charge in [0.1, 0.15) is 0 Å². The molecule has 1 aromatic carbocycles. The minimum atomic E-state index is -4.41. The van der Waals surface area contributed by atoms with E-state index in [2.05, 4.69) is 4.74 Å². The summed E-state index contributed by atoms with van der Waals surface area (Å²) >= 11 is 1.18. The van der Waals surface area contributed by atoms with E-state index in [1.165, 1.54) is 18.9 Å². The Bertz CT molecular complexity index is 416. The van der Waals surface area contributed by atoms with Gasteiger partial charge >= 0.3 is 12.1 Å². The van der Waals surface area contributed by atoms with Gasteiger partial charge in [-0.25, -0.2) is 4.79 Å². The summed E-state index contributed by atoms with van der Waals surface area (Å²) in [5, 5.41) is 0. The molecule has 0 atom stereocenters. The lowest BCUT2D eigenvalue weighted by Crippen LogP contribution is -2.08. The molecule has 0 bridgehead atoms. The molecular formula is C11H11F3O2S. The summed E-state index contributed by atoms with van der Waals surface area (Å²) in [5.41, 5.74) is -0.603. The van der Waals surface area contributed by atoms with Crippen molar-refractivity contribution >= 4 is 17.7 Å². The highest BCUT2D eigenvalue weighted by molar-refractivity contribution is 7.99. The molecule has 0 heterocycles. The molecule has 0 aromatic heterocycles. The number of esters is 1. The number of carbonyl (C=O) groups is 1. The molecule has 6 heteroatoms. The topological polar surface area (TPSA) is 26.3 Å². The number of carbonyl (C=O) groups excluding carboxylic acids is 1. The summed E-state index contributed by atoms with van der Waals surface area (Å²) in [6.07, 6.45) is -4.41. The van der Waals surface area contributed by atoms with Crippen molar-refractivity contribution in [1.29, 1.82) is 0 Å². The minimum Gasteiger partial charge on any atom is -0.465 e. The van der Waals surface area contributed by atoms with Gasteiger partial charge in [-0.1, -0.05) is 6.92 Å². The largest absolute Gasteiger partial charge is 0.465 e. The van der Waals surface area contributed by atoms with Crippen molar-refractivity contribution in [1.82, 2.24) is 0 Å². The van der Waals surface area contributed by atoms with Gasteiger partial charge in [-0.15, -0.1) is 11.8 Å². The van der Waals surface area contributed by atoms with Gasteiger partial charge in [0, 0.05) is 4.90 Å². The first kappa shape index (κ1) is 13.9. The van der Waals surface area contributed by atoms with E-state index < -0.39 is 17.7 Å². The summed E-state index contributed by atoms with van der Waals surface area (Å²) in [4.78, 5) is 11.6. The van der Waals surface area contributed by atoms with Crippen LogP contribution >= 0.6 is 11.8 Å². The van der Waals surface area contributed by atoms with Crippen molar-refractivity contribution in [3.63, 3.8) is 0 Å². The highest BCUT2D eigenvalue weighted by Crippen LogP contribution is 2.33. The fourth-order valence-electron chi connectivity index (χ4n) is 1.25. The predicted octanol–water partition coefficient (Wildman–Crippen LogP) is 3.60. The Hall–Kier alpha value is -1.17. The van der Waals surface area contributed by atoms with Crippen molar-refractivity contribution in [3.8, 4) is 0 Å². The molecular weight excluding hydrogens is 253 g/mol. The maximum atomic E-state index is 12.5. The van der Waals surface area contributed by atoms with E-state index in [1.54, 1.807) is 6.92 Å². The number of methoxy groups -OCH3 is 1. The van der Waals surface area contributed by atoms with E-state index in [9.17, 15) is 18.0 Å². The Labute approximate surface area is 101 Å². The highest BCUT2D eigenvalue weighted by atomic mass is 32.2. The summed E-state index contributed by atoms with van der Waals surface area (Å²) in [6, 6.07) is 3.00. The summed E-state index contributed by atoms with van der Waals surface area (Å²) in [5.74, 6) is -0.0552. The number of halogens is 3. The fraction of sp³-hybridized carbons (Fsp3) is 0.364. The Morgan fingerprint density at radius 3 is 2.53 bits per heavy atom. The van der Waals surface area contributed by atoms with Crippen LogP contribution in [0.25, 0.3) is 0 Å². The van der Waals surface area contributed by atoms with E-state index in [0.717, 1.165) is 18.2 Å². The number of alkyl halides is 3. The molecule has 0 aliphatic rings. The molecule has 0 N–H and O–H groups in total. The Kier molecular flexibility index (Phi) is 4.45. The number of hydrogen-bond acceptors (Lipinski definition) is 3. The molecule has 17 heavy (non-hydrogen) atoms. The molecule has 0 aliphatic heterocycles. The highest BCUT2D eigenvalue weighted by Gasteiger charge is 2.31. The van der Waals surface area contributed by atoms with E-state index in [4.69, 9.17) is 0 Å². The minimum absolute atomic E-state index is 0.160. The Morgan fingerprint density at radius 1 is 1.41 bits per heavy atom. The number of benzene rings is 1. The van der Waals surface area contributed by atoms with Crippen LogP contribution in [0.4, 0.5) is 13.2 Å². The molecule has 0 fully saturated rings. The average Bonchev–Trinajstić information content (AvgIpc) is 2.27. The second-order valence-corrected chi connectivity index (χ2v) is 4.44. The lowest BCUT2D eigenvalue weighted by atomic mass is 10.1. The lowest BCUT2D eigenvalue weighted by Gasteiger charge is -2.11. The lowest BCUT2D eigenvalue weighted by molar-refractivity contribution is -0.137. The monoisotopic (exact) mass is 264 g/mol. The summed E-state index contributed by atoms with van der Waals surface area (Å²) in [7, 11) is 1.19. The van der Waals surface area contributed by atoms with Crippen LogP contribution in [0.3, 0.4) is 0 Å². The molecule has 0 aliphatic carbocycles. The van der Waals surface area contributed by atoms with Gasteiger partial charge in [0.2, 0.25) is 0 Å². The molecule has 0 saturated heterocycles. The van der Waals surface area contributed by atoms with Crippen LogP contribution in [0, 0.1) is 0 Å². The smallest absolute Gasteiger partial charge is 0.416 e. The predicted molar refractivity (Wildman–Crippen MR) is 59.2 cm³/mol. The van der Waals surface area contributed by atoms with Crippen molar-refractivity contribution in [3.05, 3.63) is 29.3 Å². The molecule has 1 rings (SSSR count). The van der Waals surface area contributed by atoms with Crippen LogP contribution in [0.2, 0.25) is 0 Å². The van der Waals surface area contributed by atoms with Gasteiger partial charge in [-0.2, -0.15) is 13.2 Å². The number of ether oxygens (including phenoxy) is 1. The van der Waals surface area contributed by atoms with Crippen LogP contribution in [0.15, 0.2) is 23.1 Å². The van der Waals surface area contributed by atoms with E-state index in [-0.39, 0.29) is 10.5 Å². The SMILES string of the molecule is CCSc1cc(C(F)(F)F)ccc1C(=O)OC. The van der Waals surface area contributed by atoms with E-state index in [0.29, 0.717) is 5.75 Å². The molecule has 0 amide bonds. The zero-order valence-corrected chi connectivity index (χ0v) is 10.1. The zero-order valence-electron chi connectivity index (χ0n) is 9.30. The van der Waals surface area contributed by atoms with Gasteiger partial charge in [-0.05, 0) is 24.0 Å². The Balaban J connectivity index is 3.21. The van der Waals surface area contributed by atoms with Gasteiger partial charge in [0.05, 0.1) is 18.2 Å². The quantitative estimate of drug-likeness (QED) is 0.616. The van der Waals surface area contributed by atoms with Crippen molar-refractivity contribution in [2.45, 2.75) is 18.0 Å². The first-order chi connectivity index (χ1) is 7.90. The molecule has 94 valence electrons. The van der Waals surface area contributed by atoms with Crippen LogP contribution in [-0.4, -0.2) is 18.8 Å². The van der Waals surface area contributed by atoms with Gasteiger partial charge < -0.3 is 4.74 Å². The van der Waals surface area contributed by atoms with Gasteiger partial charge in [-0.3, -0.25) is 0 Å². The van der Waals surface area contributed by atoms with Crippen LogP contribution in [0.1, 0.15) is 22.8 Å². The van der Waals surface area contributed by atoms with Crippen LogP contribution in [-0.2, 0) is 10.9 Å². The molecule has 0 spiro atoms. The number of hydrogen-bond donors (Lipinski definition) is 0. The molecule has 0 radical (unpaired) electrons. The second kappa shape index (κ2) is 5.44. The second-order valence-electron chi connectivity index (χ2n) is 3.13. The Morgan fingerprint density at radius 2 is 2.06 bits per heavy atom. The van der Waals surface area contributed by atoms with E-state index in [1.807, 2.05) is 0 Å². The zero-order chi connectivity index (χ0) is 13.1. The average molecular weight is 264 g/mol. The summed E-state index contributed by atoms with van der Waals surface area (Å²) < 4.78 is 42.0. The first-order valence-corrected chi connectivity index (χ1v) is 5.81. The first-order valence-electron chi connectivity index (χ1n) is 4.82. The third-order valence-electron chi connectivity index (χ3n) is 2.01. The van der Waals surface area contributed by atoms with Crippen molar-refractivity contribution in [2.75, 3.05) is 12.9 Å². The maximum Gasteiger partial charge on any atom is 0.416 e. The van der Waals surface area contributed by atoms with Crippen LogP contribution in [0.5, 0.6) is 0 Å². The van der Waals surface area contributed by atoms with Gasteiger partial charge in [0.15, 0.2) is 0 Å². The molecule has 0 saturated carbocycles. The van der Waals surface area contributed by atoms with Crippen molar-refractivity contribution in [2.24, 2.45) is 0 Å². The summed E-state index contributed by atoms with van der Waals surface area (Å²) in [6.45, 7) is 1.80.